The van der Waals surface area contributed by atoms with Crippen LogP contribution in [0.1, 0.15) is 28.5 Å². The van der Waals surface area contributed by atoms with Crippen LogP contribution in [0.3, 0.4) is 0 Å². The molecular weight excluding hydrogens is 224 g/mol. The highest BCUT2D eigenvalue weighted by Crippen LogP contribution is 2.35. The summed E-state index contributed by atoms with van der Waals surface area (Å²) in [6.45, 7) is 6.47. The number of hydrogen-bond acceptors (Lipinski definition) is 1. The summed E-state index contributed by atoms with van der Waals surface area (Å²) in [5, 5.41) is 1.35. The molecule has 1 heterocycles. The van der Waals surface area contributed by atoms with Gasteiger partial charge in [0, 0.05) is 20.9 Å². The molecule has 1 atom stereocenters. The van der Waals surface area contributed by atoms with E-state index in [4.69, 9.17) is 0 Å². The molecule has 1 aromatic carbocycles. The molecule has 2 aromatic rings. The van der Waals surface area contributed by atoms with Gasteiger partial charge in [0.05, 0.1) is 5.56 Å². The van der Waals surface area contributed by atoms with Crippen molar-refractivity contribution >= 4 is 27.5 Å². The van der Waals surface area contributed by atoms with Gasteiger partial charge >= 0.3 is 0 Å². The van der Waals surface area contributed by atoms with Crippen LogP contribution >= 0.6 is 11.3 Å². The number of fused-ring (bicyclic) bond motifs is 3. The molecule has 0 radical (unpaired) electrons. The standard InChI is InChI=1S/C16H14S/c1-10-4-6-13-14(7-5-10)17-15-9-11(2)8-12(3)16(13)15/h5,7-10H,1-3H3. The van der Waals surface area contributed by atoms with E-state index < -0.39 is 0 Å². The SMILES string of the molecule is Cc1cc(C)c2c3c(sc2c1)C=CC(C)C#C3. The minimum absolute atomic E-state index is 0.357. The predicted molar refractivity (Wildman–Crippen MR) is 76.4 cm³/mol. The maximum absolute atomic E-state index is 3.36. The quantitative estimate of drug-likeness (QED) is 0.591. The number of allylic oxidation sites excluding steroid dienone is 1. The lowest BCUT2D eigenvalue weighted by atomic mass is 10.0. The van der Waals surface area contributed by atoms with Crippen LogP contribution in [0, 0.1) is 31.6 Å². The van der Waals surface area contributed by atoms with Crippen molar-refractivity contribution in [2.24, 2.45) is 5.92 Å². The van der Waals surface area contributed by atoms with Crippen LogP contribution in [0.4, 0.5) is 0 Å². The first-order chi connectivity index (χ1) is 8.15. The van der Waals surface area contributed by atoms with Crippen molar-refractivity contribution in [3.05, 3.63) is 39.8 Å². The van der Waals surface area contributed by atoms with E-state index in [0.29, 0.717) is 5.92 Å². The maximum Gasteiger partial charge on any atom is 0.0507 e. The van der Waals surface area contributed by atoms with Crippen molar-refractivity contribution in [1.29, 1.82) is 0 Å². The van der Waals surface area contributed by atoms with Crippen LogP contribution < -0.4 is 0 Å². The highest BCUT2D eigenvalue weighted by molar-refractivity contribution is 7.20. The number of rotatable bonds is 0. The monoisotopic (exact) mass is 238 g/mol. The molecule has 0 fully saturated rings. The Bertz CT molecular complexity index is 690. The third kappa shape index (κ3) is 1.69. The first-order valence-corrected chi connectivity index (χ1v) is 6.70. The van der Waals surface area contributed by atoms with E-state index >= 15 is 0 Å². The van der Waals surface area contributed by atoms with E-state index in [1.54, 1.807) is 0 Å². The number of thiophene rings is 1. The summed E-state index contributed by atoms with van der Waals surface area (Å²) >= 11 is 1.85. The Balaban J connectivity index is 2.40. The van der Waals surface area contributed by atoms with Gasteiger partial charge in [-0.3, -0.25) is 0 Å². The fourth-order valence-electron chi connectivity index (χ4n) is 2.33. The second-order valence-corrected chi connectivity index (χ2v) is 5.80. The number of benzene rings is 1. The Kier molecular flexibility index (Phi) is 2.34. The largest absolute Gasteiger partial charge is 0.134 e. The van der Waals surface area contributed by atoms with Crippen molar-refractivity contribution < 1.29 is 0 Å². The van der Waals surface area contributed by atoms with Crippen molar-refractivity contribution in [3.63, 3.8) is 0 Å². The van der Waals surface area contributed by atoms with Crippen LogP contribution in [0.25, 0.3) is 16.2 Å². The van der Waals surface area contributed by atoms with Gasteiger partial charge in [0.15, 0.2) is 0 Å². The van der Waals surface area contributed by atoms with Crippen LogP contribution in [-0.4, -0.2) is 0 Å². The minimum atomic E-state index is 0.357. The predicted octanol–water partition coefficient (Wildman–Crippen LogP) is 4.53. The molecule has 1 unspecified atom stereocenters. The fourth-order valence-corrected chi connectivity index (χ4v) is 3.58. The van der Waals surface area contributed by atoms with Gasteiger partial charge in [-0.15, -0.1) is 11.3 Å². The zero-order valence-corrected chi connectivity index (χ0v) is 11.1. The molecule has 0 saturated heterocycles. The topological polar surface area (TPSA) is 0 Å². The van der Waals surface area contributed by atoms with Crippen molar-refractivity contribution in [2.75, 3.05) is 0 Å². The van der Waals surface area contributed by atoms with E-state index in [0.717, 1.165) is 0 Å². The van der Waals surface area contributed by atoms with Gasteiger partial charge in [-0.25, -0.2) is 0 Å². The van der Waals surface area contributed by atoms with Gasteiger partial charge in [-0.05, 0) is 44.0 Å². The molecule has 1 aliphatic rings. The number of aryl methyl sites for hydroxylation is 2. The van der Waals surface area contributed by atoms with Gasteiger partial charge < -0.3 is 0 Å². The van der Waals surface area contributed by atoms with E-state index in [2.05, 4.69) is 56.9 Å². The van der Waals surface area contributed by atoms with Gasteiger partial charge in [-0.1, -0.05) is 24.0 Å². The van der Waals surface area contributed by atoms with Gasteiger partial charge in [0.1, 0.15) is 0 Å². The lowest BCUT2D eigenvalue weighted by Gasteiger charge is -1.99. The lowest BCUT2D eigenvalue weighted by Crippen LogP contribution is -1.82. The zero-order chi connectivity index (χ0) is 12.0. The molecule has 3 rings (SSSR count). The molecule has 0 N–H and O–H groups in total. The maximum atomic E-state index is 3.36. The average molecular weight is 238 g/mol. The highest BCUT2D eigenvalue weighted by atomic mass is 32.1. The molecular formula is C16H14S. The Morgan fingerprint density at radius 1 is 1.24 bits per heavy atom. The van der Waals surface area contributed by atoms with Gasteiger partial charge in [0.2, 0.25) is 0 Å². The molecule has 1 heteroatoms. The second-order valence-electron chi connectivity index (χ2n) is 4.71. The molecule has 1 aromatic heterocycles. The lowest BCUT2D eigenvalue weighted by molar-refractivity contribution is 0.989. The van der Waals surface area contributed by atoms with E-state index in [9.17, 15) is 0 Å². The van der Waals surface area contributed by atoms with E-state index in [-0.39, 0.29) is 0 Å². The van der Waals surface area contributed by atoms with Crippen LogP contribution in [-0.2, 0) is 0 Å². The summed E-state index contributed by atoms with van der Waals surface area (Å²) in [5.74, 6) is 7.00. The van der Waals surface area contributed by atoms with Crippen LogP contribution in [0.15, 0.2) is 18.2 Å². The molecule has 0 amide bonds. The fraction of sp³-hybridized carbons (Fsp3) is 0.250. The first kappa shape index (κ1) is 10.6. The summed E-state index contributed by atoms with van der Waals surface area (Å²) in [7, 11) is 0. The van der Waals surface area contributed by atoms with E-state index in [1.807, 2.05) is 11.3 Å². The van der Waals surface area contributed by atoms with E-state index in [1.165, 1.54) is 31.7 Å². The molecule has 0 spiro atoms. The summed E-state index contributed by atoms with van der Waals surface area (Å²) in [6, 6.07) is 4.51. The normalized spacial score (nSPS) is 17.5. The molecule has 17 heavy (non-hydrogen) atoms. The summed E-state index contributed by atoms with van der Waals surface area (Å²) in [6.07, 6.45) is 4.41. The Labute approximate surface area is 106 Å². The average Bonchev–Trinajstić information content (AvgIpc) is 2.52. The van der Waals surface area contributed by atoms with Crippen LogP contribution in [0.5, 0.6) is 0 Å². The summed E-state index contributed by atoms with van der Waals surface area (Å²) < 4.78 is 1.36. The Morgan fingerprint density at radius 2 is 2.06 bits per heavy atom. The Hall–Kier alpha value is -1.52. The minimum Gasteiger partial charge on any atom is -0.134 e. The second kappa shape index (κ2) is 3.75. The van der Waals surface area contributed by atoms with Crippen molar-refractivity contribution in [3.8, 4) is 11.8 Å². The summed E-state index contributed by atoms with van der Waals surface area (Å²) in [4.78, 5) is 1.31. The van der Waals surface area contributed by atoms with Crippen molar-refractivity contribution in [2.45, 2.75) is 20.8 Å². The Morgan fingerprint density at radius 3 is 2.88 bits per heavy atom. The number of hydrogen-bond donors (Lipinski definition) is 0. The third-order valence-electron chi connectivity index (χ3n) is 3.12. The molecule has 0 aliphatic heterocycles. The third-order valence-corrected chi connectivity index (χ3v) is 4.22. The smallest absolute Gasteiger partial charge is 0.0507 e. The molecule has 0 bridgehead atoms. The summed E-state index contributed by atoms with van der Waals surface area (Å²) in [5.41, 5.74) is 3.90. The first-order valence-electron chi connectivity index (χ1n) is 5.88. The zero-order valence-electron chi connectivity index (χ0n) is 10.3. The molecule has 84 valence electrons. The van der Waals surface area contributed by atoms with Gasteiger partial charge in [0.25, 0.3) is 0 Å². The molecule has 0 saturated carbocycles. The van der Waals surface area contributed by atoms with Crippen LogP contribution in [0.2, 0.25) is 0 Å². The highest BCUT2D eigenvalue weighted by Gasteiger charge is 2.12. The molecule has 0 nitrogen and oxygen atoms in total. The van der Waals surface area contributed by atoms with Gasteiger partial charge in [-0.2, -0.15) is 0 Å². The molecule has 1 aliphatic carbocycles. The van der Waals surface area contributed by atoms with Crippen molar-refractivity contribution in [1.82, 2.24) is 0 Å².